The molecule has 0 bridgehead atoms. The van der Waals surface area contributed by atoms with Crippen molar-refractivity contribution in [2.75, 3.05) is 13.2 Å². The fraction of sp³-hybridized carbons (Fsp3) is 0.115. The fourth-order valence-electron chi connectivity index (χ4n) is 3.98. The minimum absolute atomic E-state index is 0.330. The van der Waals surface area contributed by atoms with Crippen molar-refractivity contribution in [3.05, 3.63) is 96.1 Å². The molecule has 0 aromatic heterocycles. The zero-order valence-electron chi connectivity index (χ0n) is 16.8. The van der Waals surface area contributed by atoms with Gasteiger partial charge in [-0.3, -0.25) is 4.79 Å². The highest BCUT2D eigenvalue weighted by Gasteiger charge is 2.24. The lowest BCUT2D eigenvalue weighted by molar-refractivity contribution is -0.134. The summed E-state index contributed by atoms with van der Waals surface area (Å²) >= 11 is 0. The van der Waals surface area contributed by atoms with Gasteiger partial charge in [-0.25, -0.2) is 9.80 Å². The third-order valence-corrected chi connectivity index (χ3v) is 5.50. The molecule has 0 saturated heterocycles. The molecule has 0 aliphatic carbocycles. The Balaban J connectivity index is 1.37. The summed E-state index contributed by atoms with van der Waals surface area (Å²) in [6.45, 7) is 0.139. The summed E-state index contributed by atoms with van der Waals surface area (Å²) in [6.07, 6.45) is 0.678. The molecule has 0 fully saturated rings. The Morgan fingerprint density at radius 3 is 2.13 bits per heavy atom. The van der Waals surface area contributed by atoms with E-state index in [0.717, 1.165) is 32.8 Å². The van der Waals surface area contributed by atoms with E-state index in [4.69, 9.17) is 4.74 Å². The van der Waals surface area contributed by atoms with Gasteiger partial charge in [0.15, 0.2) is 6.61 Å². The third-order valence-electron chi connectivity index (χ3n) is 5.50. The van der Waals surface area contributed by atoms with Gasteiger partial charge in [-0.15, -0.1) is 0 Å². The van der Waals surface area contributed by atoms with Crippen LogP contribution in [0.25, 0.3) is 21.5 Å². The highest BCUT2D eigenvalue weighted by molar-refractivity contribution is 6.16. The molecule has 0 spiro atoms. The maximum atomic E-state index is 13.0. The Labute approximate surface area is 179 Å². The average molecular weight is 408 g/mol. The number of fused-ring (bicyclic) bond motifs is 2. The lowest BCUT2D eigenvalue weighted by Crippen LogP contribution is -2.28. The van der Waals surface area contributed by atoms with E-state index in [0.29, 0.717) is 18.5 Å². The highest BCUT2D eigenvalue weighted by atomic mass is 16.5. The number of amides is 1. The van der Waals surface area contributed by atoms with Crippen LogP contribution in [0.1, 0.15) is 22.3 Å². The maximum Gasteiger partial charge on any atom is 0.339 e. The minimum Gasteiger partial charge on any atom is -0.452 e. The van der Waals surface area contributed by atoms with Crippen LogP contribution in [-0.4, -0.2) is 35.7 Å². The number of hydrogen-bond acceptors (Lipinski definition) is 4. The largest absolute Gasteiger partial charge is 0.452 e. The molecule has 5 heteroatoms. The molecule has 1 aliphatic rings. The molecule has 0 N–H and O–H groups in total. The predicted octanol–water partition coefficient (Wildman–Crippen LogP) is 4.79. The van der Waals surface area contributed by atoms with Crippen LogP contribution in [-0.2, 0) is 9.53 Å². The molecule has 0 atom stereocenters. The molecular formula is C26H20N2O3. The number of carbonyl (C=O) groups is 2. The maximum absolute atomic E-state index is 13.0. The second-order valence-electron chi connectivity index (χ2n) is 7.45. The topological polar surface area (TPSA) is 59.0 Å². The van der Waals surface area contributed by atoms with Crippen molar-refractivity contribution in [2.45, 2.75) is 6.42 Å². The summed E-state index contributed by atoms with van der Waals surface area (Å²) in [4.78, 5) is 25.7. The van der Waals surface area contributed by atoms with Crippen LogP contribution < -0.4 is 0 Å². The molecule has 4 aromatic rings. The third kappa shape index (κ3) is 3.66. The van der Waals surface area contributed by atoms with E-state index in [2.05, 4.69) is 11.2 Å². The van der Waals surface area contributed by atoms with Crippen molar-refractivity contribution in [3.8, 4) is 0 Å². The zero-order chi connectivity index (χ0) is 21.2. The van der Waals surface area contributed by atoms with Gasteiger partial charge in [0.25, 0.3) is 5.91 Å². The Morgan fingerprint density at radius 2 is 1.45 bits per heavy atom. The van der Waals surface area contributed by atoms with E-state index in [1.54, 1.807) is 0 Å². The number of nitrogens with zero attached hydrogens (tertiary/aromatic N) is 2. The lowest BCUT2D eigenvalue weighted by Gasteiger charge is -2.13. The number of hydrazone groups is 1. The first-order valence-electron chi connectivity index (χ1n) is 10.2. The van der Waals surface area contributed by atoms with Crippen LogP contribution in [0.15, 0.2) is 90.0 Å². The van der Waals surface area contributed by atoms with Crippen molar-refractivity contribution < 1.29 is 14.3 Å². The molecule has 1 amide bonds. The normalized spacial score (nSPS) is 13.4. The van der Waals surface area contributed by atoms with Gasteiger partial charge in [0, 0.05) is 6.42 Å². The number of benzene rings is 4. The van der Waals surface area contributed by atoms with E-state index in [1.165, 1.54) is 5.01 Å². The summed E-state index contributed by atoms with van der Waals surface area (Å²) < 4.78 is 5.46. The van der Waals surface area contributed by atoms with Crippen LogP contribution in [0, 0.1) is 0 Å². The summed E-state index contributed by atoms with van der Waals surface area (Å²) in [5, 5.41) is 9.33. The fourth-order valence-corrected chi connectivity index (χ4v) is 3.98. The van der Waals surface area contributed by atoms with E-state index in [9.17, 15) is 9.59 Å². The van der Waals surface area contributed by atoms with Gasteiger partial charge >= 0.3 is 5.97 Å². The zero-order valence-corrected chi connectivity index (χ0v) is 16.8. The number of hydrogen-bond donors (Lipinski definition) is 0. The van der Waals surface area contributed by atoms with E-state index >= 15 is 0 Å². The Morgan fingerprint density at radius 1 is 0.839 bits per heavy atom. The molecule has 0 saturated carbocycles. The lowest BCUT2D eigenvalue weighted by atomic mass is 9.97. The Kier molecular flexibility index (Phi) is 4.92. The molecule has 152 valence electrons. The van der Waals surface area contributed by atoms with Crippen LogP contribution >= 0.6 is 0 Å². The van der Waals surface area contributed by atoms with E-state index in [-0.39, 0.29) is 12.5 Å². The first-order valence-corrected chi connectivity index (χ1v) is 10.2. The van der Waals surface area contributed by atoms with Crippen molar-refractivity contribution in [2.24, 2.45) is 5.10 Å². The molecule has 0 radical (unpaired) electrons. The second kappa shape index (κ2) is 8.03. The molecule has 0 unspecified atom stereocenters. The van der Waals surface area contributed by atoms with Gasteiger partial charge in [-0.1, -0.05) is 78.9 Å². The minimum atomic E-state index is -0.507. The Bertz CT molecular complexity index is 1270. The number of carbonyl (C=O) groups excluding carboxylic acids is 2. The molecule has 5 nitrogen and oxygen atoms in total. The molecule has 1 heterocycles. The highest BCUT2D eigenvalue weighted by Crippen LogP contribution is 2.29. The van der Waals surface area contributed by atoms with Crippen LogP contribution in [0.2, 0.25) is 0 Å². The van der Waals surface area contributed by atoms with Crippen molar-refractivity contribution in [3.63, 3.8) is 0 Å². The number of rotatable bonds is 4. The predicted molar refractivity (Wildman–Crippen MR) is 121 cm³/mol. The summed E-state index contributed by atoms with van der Waals surface area (Å²) in [5.74, 6) is -0.836. The first-order chi connectivity index (χ1) is 15.2. The van der Waals surface area contributed by atoms with Gasteiger partial charge < -0.3 is 4.74 Å². The number of esters is 1. The van der Waals surface area contributed by atoms with Crippen molar-refractivity contribution >= 4 is 39.1 Å². The van der Waals surface area contributed by atoms with Gasteiger partial charge in [0.2, 0.25) is 0 Å². The SMILES string of the molecule is O=C(OCC(=O)N1CCC(c2ccccc2)=N1)c1c2ccccc2cc2ccccc12. The van der Waals surface area contributed by atoms with Crippen molar-refractivity contribution in [1.29, 1.82) is 0 Å². The monoisotopic (exact) mass is 408 g/mol. The molecule has 5 rings (SSSR count). The number of ether oxygens (including phenoxy) is 1. The van der Waals surface area contributed by atoms with Gasteiger partial charge in [0.1, 0.15) is 0 Å². The van der Waals surface area contributed by atoms with Gasteiger partial charge in [0.05, 0.1) is 17.8 Å². The van der Waals surface area contributed by atoms with Gasteiger partial charge in [-0.05, 0) is 33.2 Å². The Hall–Kier alpha value is -3.99. The summed E-state index contributed by atoms with van der Waals surface area (Å²) in [5.41, 5.74) is 2.34. The molecule has 31 heavy (non-hydrogen) atoms. The smallest absolute Gasteiger partial charge is 0.339 e. The standard InChI is InChI=1S/C26H20N2O3/c29-24(28-15-14-23(27-28)18-8-2-1-3-9-18)17-31-26(30)25-21-12-6-4-10-19(21)16-20-11-5-7-13-22(20)25/h1-13,16H,14-15,17H2. The van der Waals surface area contributed by atoms with Crippen LogP contribution in [0.4, 0.5) is 0 Å². The van der Waals surface area contributed by atoms with E-state index < -0.39 is 5.97 Å². The average Bonchev–Trinajstić information content (AvgIpc) is 3.32. The van der Waals surface area contributed by atoms with Crippen molar-refractivity contribution in [1.82, 2.24) is 5.01 Å². The second-order valence-corrected chi connectivity index (χ2v) is 7.45. The molecule has 4 aromatic carbocycles. The van der Waals surface area contributed by atoms with Gasteiger partial charge in [-0.2, -0.15) is 5.10 Å². The van der Waals surface area contributed by atoms with Crippen LogP contribution in [0.5, 0.6) is 0 Å². The summed E-state index contributed by atoms with van der Waals surface area (Å²) in [7, 11) is 0. The molecule has 1 aliphatic heterocycles. The molecular weight excluding hydrogens is 388 g/mol. The van der Waals surface area contributed by atoms with Crippen LogP contribution in [0.3, 0.4) is 0 Å². The quantitative estimate of drug-likeness (QED) is 0.360. The first kappa shape index (κ1) is 19.0. The summed E-state index contributed by atoms with van der Waals surface area (Å²) in [6, 6.07) is 27.2. The van der Waals surface area contributed by atoms with E-state index in [1.807, 2.05) is 78.9 Å².